The summed E-state index contributed by atoms with van der Waals surface area (Å²) in [4.78, 5) is 17.4. The maximum absolute atomic E-state index is 10.7. The van der Waals surface area contributed by atoms with Gasteiger partial charge in [-0.15, -0.1) is 0 Å². The summed E-state index contributed by atoms with van der Waals surface area (Å²) in [6.07, 6.45) is 3.94. The maximum Gasteiger partial charge on any atom is 0.307 e. The summed E-state index contributed by atoms with van der Waals surface area (Å²) in [5, 5.41) is 15.7. The zero-order valence-corrected chi connectivity index (χ0v) is 12.4. The standard InChI is InChI=1S/C16H20N4O2/c21-15(22)8-12-3-5-13(6-4-12)9-20-7-1-2-14(10-20)16-17-11-18-19-16/h3-6,11,14H,1-2,7-10H2,(H,21,22)(H,17,18,19)/t14-/m1/s1. The second-order valence-electron chi connectivity index (χ2n) is 5.83. The number of carboxylic acid groups (broad SMARTS) is 1. The molecule has 0 aliphatic carbocycles. The van der Waals surface area contributed by atoms with E-state index in [2.05, 4.69) is 20.1 Å². The largest absolute Gasteiger partial charge is 0.481 e. The minimum Gasteiger partial charge on any atom is -0.481 e. The van der Waals surface area contributed by atoms with E-state index in [-0.39, 0.29) is 6.42 Å². The average Bonchev–Trinajstić information content (AvgIpc) is 3.03. The smallest absolute Gasteiger partial charge is 0.307 e. The molecule has 2 heterocycles. The molecule has 1 aliphatic rings. The van der Waals surface area contributed by atoms with Crippen molar-refractivity contribution in [1.29, 1.82) is 0 Å². The van der Waals surface area contributed by atoms with Crippen LogP contribution in [0.1, 0.15) is 35.7 Å². The van der Waals surface area contributed by atoms with E-state index >= 15 is 0 Å². The number of aromatic amines is 1. The van der Waals surface area contributed by atoms with E-state index in [9.17, 15) is 4.79 Å². The van der Waals surface area contributed by atoms with Crippen LogP contribution in [0.15, 0.2) is 30.6 Å². The first-order valence-electron chi connectivity index (χ1n) is 7.58. The third-order valence-electron chi connectivity index (χ3n) is 4.11. The Hall–Kier alpha value is -2.21. The fourth-order valence-corrected chi connectivity index (χ4v) is 3.03. The molecule has 6 nitrogen and oxygen atoms in total. The summed E-state index contributed by atoms with van der Waals surface area (Å²) >= 11 is 0. The number of carbonyl (C=O) groups is 1. The summed E-state index contributed by atoms with van der Waals surface area (Å²) in [6, 6.07) is 7.86. The van der Waals surface area contributed by atoms with E-state index in [1.165, 1.54) is 5.56 Å². The third-order valence-corrected chi connectivity index (χ3v) is 4.11. The number of hydrogen-bond acceptors (Lipinski definition) is 4. The highest BCUT2D eigenvalue weighted by atomic mass is 16.4. The third kappa shape index (κ3) is 3.71. The highest BCUT2D eigenvalue weighted by molar-refractivity contribution is 5.70. The molecule has 1 atom stereocenters. The van der Waals surface area contributed by atoms with Crippen LogP contribution in [0.4, 0.5) is 0 Å². The van der Waals surface area contributed by atoms with Gasteiger partial charge in [-0.25, -0.2) is 4.98 Å². The molecule has 1 aromatic carbocycles. The summed E-state index contributed by atoms with van der Waals surface area (Å²) in [7, 11) is 0. The van der Waals surface area contributed by atoms with Gasteiger partial charge in [-0.2, -0.15) is 5.10 Å². The van der Waals surface area contributed by atoms with Crippen molar-refractivity contribution >= 4 is 5.97 Å². The number of carboxylic acids is 1. The van der Waals surface area contributed by atoms with Crippen molar-refractivity contribution in [2.24, 2.45) is 0 Å². The second-order valence-corrected chi connectivity index (χ2v) is 5.83. The Kier molecular flexibility index (Phi) is 4.48. The van der Waals surface area contributed by atoms with Gasteiger partial charge in [-0.1, -0.05) is 24.3 Å². The molecule has 1 fully saturated rings. The lowest BCUT2D eigenvalue weighted by Crippen LogP contribution is -2.34. The Balaban J connectivity index is 1.59. The molecule has 0 unspecified atom stereocenters. The predicted molar refractivity (Wildman–Crippen MR) is 81.4 cm³/mol. The predicted octanol–water partition coefficient (Wildman–Crippen LogP) is 1.81. The Bertz CT molecular complexity index is 610. The molecule has 116 valence electrons. The van der Waals surface area contributed by atoms with Crippen LogP contribution < -0.4 is 0 Å². The van der Waals surface area contributed by atoms with Crippen molar-refractivity contribution < 1.29 is 9.90 Å². The van der Waals surface area contributed by atoms with Crippen molar-refractivity contribution in [3.63, 3.8) is 0 Å². The zero-order chi connectivity index (χ0) is 15.4. The molecule has 1 aliphatic heterocycles. The van der Waals surface area contributed by atoms with Crippen LogP contribution in [-0.4, -0.2) is 44.2 Å². The van der Waals surface area contributed by atoms with Crippen LogP contribution in [0.5, 0.6) is 0 Å². The van der Waals surface area contributed by atoms with Gasteiger partial charge in [0.05, 0.1) is 6.42 Å². The van der Waals surface area contributed by atoms with Crippen LogP contribution in [-0.2, 0) is 17.8 Å². The lowest BCUT2D eigenvalue weighted by molar-refractivity contribution is -0.136. The van der Waals surface area contributed by atoms with Crippen LogP contribution >= 0.6 is 0 Å². The van der Waals surface area contributed by atoms with Crippen molar-refractivity contribution in [1.82, 2.24) is 20.1 Å². The molecular formula is C16H20N4O2. The van der Waals surface area contributed by atoms with E-state index in [0.29, 0.717) is 5.92 Å². The van der Waals surface area contributed by atoms with E-state index in [0.717, 1.165) is 43.9 Å². The summed E-state index contributed by atoms with van der Waals surface area (Å²) in [6.45, 7) is 2.95. The van der Waals surface area contributed by atoms with Crippen LogP contribution in [0.3, 0.4) is 0 Å². The van der Waals surface area contributed by atoms with Crippen LogP contribution in [0.25, 0.3) is 0 Å². The summed E-state index contributed by atoms with van der Waals surface area (Å²) in [5.74, 6) is 0.600. The molecule has 2 aromatic rings. The molecule has 0 bridgehead atoms. The van der Waals surface area contributed by atoms with Crippen molar-refractivity contribution in [3.05, 3.63) is 47.5 Å². The molecule has 22 heavy (non-hydrogen) atoms. The molecule has 6 heteroatoms. The number of hydrogen-bond donors (Lipinski definition) is 2. The molecule has 2 N–H and O–H groups in total. The summed E-state index contributed by atoms with van der Waals surface area (Å²) < 4.78 is 0. The maximum atomic E-state index is 10.7. The topological polar surface area (TPSA) is 82.1 Å². The first-order chi connectivity index (χ1) is 10.7. The van der Waals surface area contributed by atoms with Gasteiger partial charge in [0.2, 0.25) is 0 Å². The first kappa shape index (κ1) is 14.7. The van der Waals surface area contributed by atoms with Crippen molar-refractivity contribution in [3.8, 4) is 0 Å². The minimum atomic E-state index is -0.793. The first-order valence-corrected chi connectivity index (χ1v) is 7.58. The molecule has 3 rings (SSSR count). The number of H-pyrrole nitrogens is 1. The van der Waals surface area contributed by atoms with E-state index in [4.69, 9.17) is 5.11 Å². The van der Waals surface area contributed by atoms with E-state index in [1.54, 1.807) is 6.33 Å². The van der Waals surface area contributed by atoms with Crippen LogP contribution in [0.2, 0.25) is 0 Å². The van der Waals surface area contributed by atoms with Gasteiger partial charge < -0.3 is 5.11 Å². The fraction of sp³-hybridized carbons (Fsp3) is 0.438. The average molecular weight is 300 g/mol. The monoisotopic (exact) mass is 300 g/mol. The van der Waals surface area contributed by atoms with Gasteiger partial charge in [0.15, 0.2) is 0 Å². The number of rotatable bonds is 5. The molecule has 0 radical (unpaired) electrons. The molecule has 0 amide bonds. The number of nitrogens with one attached hydrogen (secondary N) is 1. The lowest BCUT2D eigenvalue weighted by Gasteiger charge is -2.31. The van der Waals surface area contributed by atoms with Crippen molar-refractivity contribution in [2.75, 3.05) is 13.1 Å². The molecule has 0 saturated carbocycles. The van der Waals surface area contributed by atoms with Gasteiger partial charge in [0.25, 0.3) is 0 Å². The van der Waals surface area contributed by atoms with Crippen molar-refractivity contribution in [2.45, 2.75) is 31.7 Å². The lowest BCUT2D eigenvalue weighted by atomic mass is 9.97. The second kappa shape index (κ2) is 6.70. The number of piperidine rings is 1. The highest BCUT2D eigenvalue weighted by Gasteiger charge is 2.23. The van der Waals surface area contributed by atoms with Gasteiger partial charge in [-0.3, -0.25) is 14.8 Å². The summed E-state index contributed by atoms with van der Waals surface area (Å²) in [5.41, 5.74) is 2.06. The van der Waals surface area contributed by atoms with Gasteiger partial charge in [-0.05, 0) is 30.5 Å². The van der Waals surface area contributed by atoms with Gasteiger partial charge in [0, 0.05) is 19.0 Å². The fourth-order valence-electron chi connectivity index (χ4n) is 3.03. The number of benzene rings is 1. The number of nitrogens with zero attached hydrogens (tertiary/aromatic N) is 3. The molecular weight excluding hydrogens is 280 g/mol. The Morgan fingerprint density at radius 3 is 2.77 bits per heavy atom. The normalized spacial score (nSPS) is 19.2. The Labute approximate surface area is 129 Å². The molecule has 0 spiro atoms. The van der Waals surface area contributed by atoms with E-state index < -0.39 is 5.97 Å². The zero-order valence-electron chi connectivity index (χ0n) is 12.4. The minimum absolute atomic E-state index is 0.0809. The molecule has 1 saturated heterocycles. The molecule has 1 aromatic heterocycles. The quantitative estimate of drug-likeness (QED) is 0.880. The number of aliphatic carboxylic acids is 1. The highest BCUT2D eigenvalue weighted by Crippen LogP contribution is 2.25. The number of likely N-dealkylation sites (tertiary alicyclic amines) is 1. The Morgan fingerprint density at radius 1 is 1.32 bits per heavy atom. The van der Waals surface area contributed by atoms with Crippen LogP contribution in [0, 0.1) is 0 Å². The number of aromatic nitrogens is 3. The van der Waals surface area contributed by atoms with Gasteiger partial charge >= 0.3 is 5.97 Å². The Morgan fingerprint density at radius 2 is 2.09 bits per heavy atom. The van der Waals surface area contributed by atoms with Gasteiger partial charge in [0.1, 0.15) is 12.2 Å². The SMILES string of the molecule is O=C(O)Cc1ccc(CN2CCC[C@@H](c3ncn[nH]3)C2)cc1. The van der Waals surface area contributed by atoms with E-state index in [1.807, 2.05) is 24.3 Å².